The first-order valence-electron chi connectivity index (χ1n) is 15.3. The van der Waals surface area contributed by atoms with Crippen LogP contribution in [0.5, 0.6) is 0 Å². The molecule has 0 aromatic carbocycles. The molecule has 15 heteroatoms. The summed E-state index contributed by atoms with van der Waals surface area (Å²) in [6.07, 6.45) is 1.63. The lowest BCUT2D eigenvalue weighted by Gasteiger charge is -2.28. The number of carboxylic acid groups (broad SMARTS) is 2. The molecule has 44 heavy (non-hydrogen) atoms. The summed E-state index contributed by atoms with van der Waals surface area (Å²) < 4.78 is 0. The highest BCUT2D eigenvalue weighted by Gasteiger charge is 2.35. The van der Waals surface area contributed by atoms with Gasteiger partial charge in [-0.1, -0.05) is 41.5 Å². The van der Waals surface area contributed by atoms with Gasteiger partial charge in [-0.2, -0.15) is 0 Å². The second-order valence-electron chi connectivity index (χ2n) is 11.9. The molecule has 15 nitrogen and oxygen atoms in total. The molecule has 250 valence electrons. The summed E-state index contributed by atoms with van der Waals surface area (Å²) in [6.45, 7) is 11.6. The van der Waals surface area contributed by atoms with E-state index in [0.29, 0.717) is 25.9 Å². The Balaban J connectivity index is 3.22. The maximum atomic E-state index is 13.5. The minimum absolute atomic E-state index is 0.0618. The van der Waals surface area contributed by atoms with Gasteiger partial charge in [0.05, 0.1) is 12.8 Å². The van der Waals surface area contributed by atoms with Crippen molar-refractivity contribution in [2.75, 3.05) is 13.1 Å². The minimum atomic E-state index is -1.69. The quantitative estimate of drug-likeness (QED) is 0.113. The molecule has 7 N–H and O–H groups in total. The molecule has 1 rings (SSSR count). The smallest absolute Gasteiger partial charge is 0.326 e. The van der Waals surface area contributed by atoms with E-state index in [1.165, 1.54) is 0 Å². The molecule has 0 aromatic rings. The van der Waals surface area contributed by atoms with Crippen molar-refractivity contribution in [1.82, 2.24) is 31.5 Å². The van der Waals surface area contributed by atoms with E-state index in [-0.39, 0.29) is 18.4 Å². The molecular formula is C29H50N6O9. The van der Waals surface area contributed by atoms with E-state index < -0.39 is 84.5 Å². The van der Waals surface area contributed by atoms with E-state index in [1.54, 1.807) is 32.6 Å². The van der Waals surface area contributed by atoms with E-state index >= 15 is 0 Å². The molecule has 1 heterocycles. The van der Waals surface area contributed by atoms with Crippen molar-refractivity contribution in [3.05, 3.63) is 0 Å². The van der Waals surface area contributed by atoms with E-state index in [1.807, 2.05) is 13.8 Å². The Morgan fingerprint density at radius 1 is 0.682 bits per heavy atom. The Labute approximate surface area is 258 Å². The van der Waals surface area contributed by atoms with Gasteiger partial charge in [0.2, 0.25) is 23.6 Å². The number of hydrogen-bond acceptors (Lipinski definition) is 7. The lowest BCUT2D eigenvalue weighted by atomic mass is 10.0. The average Bonchev–Trinajstić information content (AvgIpc) is 3.48. The highest BCUT2D eigenvalue weighted by Crippen LogP contribution is 2.12. The van der Waals surface area contributed by atoms with Crippen LogP contribution < -0.4 is 26.6 Å². The summed E-state index contributed by atoms with van der Waals surface area (Å²) in [4.78, 5) is 90.2. The molecule has 0 spiro atoms. The van der Waals surface area contributed by atoms with Gasteiger partial charge in [-0.15, -0.1) is 0 Å². The Morgan fingerprint density at radius 2 is 1.18 bits per heavy atom. The van der Waals surface area contributed by atoms with Crippen molar-refractivity contribution in [2.45, 2.75) is 117 Å². The summed E-state index contributed by atoms with van der Waals surface area (Å²) >= 11 is 0. The molecule has 0 unspecified atom stereocenters. The summed E-state index contributed by atoms with van der Waals surface area (Å²) in [6, 6.07) is -6.31. The number of carbonyl (C=O) groups is 7. The van der Waals surface area contributed by atoms with E-state index in [9.17, 15) is 43.8 Å². The zero-order valence-corrected chi connectivity index (χ0v) is 26.6. The summed E-state index contributed by atoms with van der Waals surface area (Å²) in [5, 5.41) is 31.4. The van der Waals surface area contributed by atoms with Gasteiger partial charge in [0.15, 0.2) is 0 Å². The lowest BCUT2D eigenvalue weighted by Crippen LogP contribution is -2.60. The van der Waals surface area contributed by atoms with Gasteiger partial charge in [0, 0.05) is 19.1 Å². The molecule has 1 aliphatic heterocycles. The predicted octanol–water partition coefficient (Wildman–Crippen LogP) is 0.571. The van der Waals surface area contributed by atoms with E-state index in [0.717, 1.165) is 12.8 Å². The first-order valence-corrected chi connectivity index (χ1v) is 15.3. The fourth-order valence-electron chi connectivity index (χ4n) is 4.76. The molecule has 1 aliphatic rings. The fourth-order valence-corrected chi connectivity index (χ4v) is 4.76. The lowest BCUT2D eigenvalue weighted by molar-refractivity contribution is -0.144. The van der Waals surface area contributed by atoms with Gasteiger partial charge >= 0.3 is 18.0 Å². The molecule has 1 fully saturated rings. The number of nitrogens with one attached hydrogen (secondary N) is 5. The molecule has 0 saturated carbocycles. The van der Waals surface area contributed by atoms with Gasteiger partial charge < -0.3 is 41.7 Å². The fraction of sp³-hybridized carbons (Fsp3) is 0.759. The summed E-state index contributed by atoms with van der Waals surface area (Å²) in [7, 11) is 0. The normalized spacial score (nSPS) is 15.7. The zero-order valence-electron chi connectivity index (χ0n) is 26.6. The standard InChI is InChI=1S/C29H50N6O9/c1-7-18(8-2)30-29(44)34-24(17(5)6)27(41)32-19(14-22(36)35-11-9-10-12-35)25(39)31-20(15-23(37)38)26(40)33-21(28(42)43)13-16(3)4/h16-21,24H,7-15H2,1-6H3,(H,31,39)(H,32,41)(H,33,40)(H,37,38)(H,42,43)(H2,30,34,44)/t19-,20-,21-,24-/m0/s1. The Morgan fingerprint density at radius 3 is 1.64 bits per heavy atom. The molecule has 0 radical (unpaired) electrons. The van der Waals surface area contributed by atoms with Crippen LogP contribution in [0.25, 0.3) is 0 Å². The van der Waals surface area contributed by atoms with Crippen LogP contribution in [-0.2, 0) is 28.8 Å². The number of rotatable bonds is 18. The molecule has 0 bridgehead atoms. The van der Waals surface area contributed by atoms with Gasteiger partial charge in [-0.05, 0) is 43.9 Å². The Kier molecular flexibility index (Phi) is 16.2. The number of carboxylic acids is 2. The van der Waals surface area contributed by atoms with Crippen molar-refractivity contribution in [3.8, 4) is 0 Å². The zero-order chi connectivity index (χ0) is 33.6. The predicted molar refractivity (Wildman–Crippen MR) is 160 cm³/mol. The average molecular weight is 627 g/mol. The monoisotopic (exact) mass is 626 g/mol. The number of carbonyl (C=O) groups excluding carboxylic acids is 5. The second-order valence-corrected chi connectivity index (χ2v) is 11.9. The first kappa shape index (κ1) is 38.1. The maximum absolute atomic E-state index is 13.5. The minimum Gasteiger partial charge on any atom is -0.481 e. The van der Waals surface area contributed by atoms with Crippen molar-refractivity contribution in [2.24, 2.45) is 11.8 Å². The molecular weight excluding hydrogens is 576 g/mol. The first-order chi connectivity index (χ1) is 20.6. The Bertz CT molecular complexity index is 1020. The van der Waals surface area contributed by atoms with Crippen LogP contribution >= 0.6 is 0 Å². The van der Waals surface area contributed by atoms with Crippen LogP contribution in [-0.4, -0.2) is 100 Å². The summed E-state index contributed by atoms with van der Waals surface area (Å²) in [5.41, 5.74) is 0. The van der Waals surface area contributed by atoms with E-state index in [2.05, 4.69) is 26.6 Å². The third kappa shape index (κ3) is 13.2. The number of amides is 6. The third-order valence-electron chi connectivity index (χ3n) is 7.36. The SMILES string of the molecule is CCC(CC)NC(=O)N[C@H](C(=O)N[C@@H](CC(=O)N1CCCC1)C(=O)N[C@@H](CC(=O)O)C(=O)N[C@@H](CC(C)C)C(=O)O)C(C)C. The van der Waals surface area contributed by atoms with Crippen LogP contribution in [0.15, 0.2) is 0 Å². The highest BCUT2D eigenvalue weighted by atomic mass is 16.4. The Hall–Kier alpha value is -3.91. The van der Waals surface area contributed by atoms with Gasteiger partial charge in [0.1, 0.15) is 24.2 Å². The third-order valence-corrected chi connectivity index (χ3v) is 7.36. The van der Waals surface area contributed by atoms with Crippen LogP contribution in [0.1, 0.15) is 86.5 Å². The molecule has 0 aromatic heterocycles. The van der Waals surface area contributed by atoms with E-state index in [4.69, 9.17) is 0 Å². The number of aliphatic carboxylic acids is 2. The van der Waals surface area contributed by atoms with Crippen molar-refractivity contribution in [1.29, 1.82) is 0 Å². The molecule has 1 saturated heterocycles. The van der Waals surface area contributed by atoms with Gasteiger partial charge in [-0.3, -0.25) is 24.0 Å². The molecule has 0 aliphatic carbocycles. The van der Waals surface area contributed by atoms with Crippen LogP contribution in [0.3, 0.4) is 0 Å². The van der Waals surface area contributed by atoms with Gasteiger partial charge in [0.25, 0.3) is 0 Å². The van der Waals surface area contributed by atoms with Crippen LogP contribution in [0, 0.1) is 11.8 Å². The van der Waals surface area contributed by atoms with Crippen LogP contribution in [0.4, 0.5) is 4.79 Å². The highest BCUT2D eigenvalue weighted by molar-refractivity contribution is 5.98. The van der Waals surface area contributed by atoms with Crippen molar-refractivity contribution < 1.29 is 43.8 Å². The molecule has 6 amide bonds. The van der Waals surface area contributed by atoms with Crippen molar-refractivity contribution >= 4 is 41.6 Å². The maximum Gasteiger partial charge on any atom is 0.326 e. The second kappa shape index (κ2) is 18.7. The number of likely N-dealkylation sites (tertiary alicyclic amines) is 1. The van der Waals surface area contributed by atoms with Crippen LogP contribution in [0.2, 0.25) is 0 Å². The summed E-state index contributed by atoms with van der Waals surface area (Å²) in [5.74, 6) is -6.52. The topological polar surface area (TPSA) is 223 Å². The van der Waals surface area contributed by atoms with Crippen molar-refractivity contribution in [3.63, 3.8) is 0 Å². The number of nitrogens with zero attached hydrogens (tertiary/aromatic N) is 1. The number of urea groups is 1. The molecule has 4 atom stereocenters. The number of hydrogen-bond donors (Lipinski definition) is 7. The van der Waals surface area contributed by atoms with Gasteiger partial charge in [-0.25, -0.2) is 9.59 Å². The largest absolute Gasteiger partial charge is 0.481 e.